The fraction of sp³-hybridized carbons (Fsp3) is 0. The number of fused-ring (bicyclic) bond motifs is 1. The number of benzene rings is 1. The first-order valence-corrected chi connectivity index (χ1v) is 3.61. The lowest BCUT2D eigenvalue weighted by Gasteiger charge is -1.89. The number of hydrogen-bond donors (Lipinski definition) is 2. The Kier molecular flexibility index (Phi) is 1.29. The van der Waals surface area contributed by atoms with Gasteiger partial charge in [-0.05, 0) is 12.1 Å². The van der Waals surface area contributed by atoms with Crippen LogP contribution in [0.5, 0.6) is 5.88 Å². The Morgan fingerprint density at radius 2 is 2.18 bits per heavy atom. The van der Waals surface area contributed by atoms with Crippen molar-refractivity contribution in [3.63, 3.8) is 0 Å². The summed E-state index contributed by atoms with van der Waals surface area (Å²) >= 11 is 5.84. The van der Waals surface area contributed by atoms with Crippen LogP contribution in [0.3, 0.4) is 0 Å². The molecule has 0 bridgehead atoms. The van der Waals surface area contributed by atoms with Gasteiger partial charge in [-0.25, -0.2) is 0 Å². The fourth-order valence-corrected chi connectivity index (χ4v) is 1.33. The Labute approximate surface area is 68.4 Å². The lowest BCUT2D eigenvalue weighted by Crippen LogP contribution is -1.66. The van der Waals surface area contributed by atoms with Gasteiger partial charge < -0.3 is 10.1 Å². The molecule has 0 unspecified atom stereocenters. The number of H-pyrrole nitrogens is 1. The van der Waals surface area contributed by atoms with E-state index in [4.69, 9.17) is 16.7 Å². The van der Waals surface area contributed by atoms with Crippen molar-refractivity contribution < 1.29 is 5.11 Å². The molecule has 0 fully saturated rings. The molecule has 0 aliphatic heterocycles. The van der Waals surface area contributed by atoms with Gasteiger partial charge in [0.1, 0.15) is 0 Å². The maximum atomic E-state index is 9.07. The zero-order valence-electron chi connectivity index (χ0n) is 5.63. The summed E-state index contributed by atoms with van der Waals surface area (Å²) < 4.78 is 0. The van der Waals surface area contributed by atoms with Gasteiger partial charge in [-0.15, -0.1) is 0 Å². The molecule has 56 valence electrons. The smallest absolute Gasteiger partial charge is 0.189 e. The van der Waals surface area contributed by atoms with E-state index in [0.29, 0.717) is 5.02 Å². The Morgan fingerprint density at radius 3 is 2.91 bits per heavy atom. The van der Waals surface area contributed by atoms with Crippen LogP contribution in [0.15, 0.2) is 24.3 Å². The second-order valence-electron chi connectivity index (χ2n) is 2.36. The van der Waals surface area contributed by atoms with Gasteiger partial charge in [0.15, 0.2) is 5.88 Å². The van der Waals surface area contributed by atoms with Crippen LogP contribution < -0.4 is 0 Å². The largest absolute Gasteiger partial charge is 0.495 e. The normalized spacial score (nSPS) is 10.6. The van der Waals surface area contributed by atoms with E-state index in [2.05, 4.69) is 4.98 Å². The standard InChI is InChI=1S/C8H6ClNO/c9-6-2-1-3-7-5(6)4-8(11)10-7/h1-4,10-11H. The van der Waals surface area contributed by atoms with Gasteiger partial charge in [-0.3, -0.25) is 0 Å². The Hall–Kier alpha value is -1.15. The van der Waals surface area contributed by atoms with Crippen molar-refractivity contribution in [1.82, 2.24) is 4.98 Å². The number of aromatic amines is 1. The predicted molar refractivity (Wildman–Crippen MR) is 45.0 cm³/mol. The molecule has 0 atom stereocenters. The molecular formula is C8H6ClNO. The van der Waals surface area contributed by atoms with Crippen LogP contribution in [0.4, 0.5) is 0 Å². The molecule has 2 nitrogen and oxygen atoms in total. The van der Waals surface area contributed by atoms with E-state index in [1.165, 1.54) is 0 Å². The second kappa shape index (κ2) is 2.17. The van der Waals surface area contributed by atoms with E-state index >= 15 is 0 Å². The van der Waals surface area contributed by atoms with E-state index in [-0.39, 0.29) is 5.88 Å². The maximum absolute atomic E-state index is 9.07. The van der Waals surface area contributed by atoms with E-state index < -0.39 is 0 Å². The number of aromatic nitrogens is 1. The molecule has 0 radical (unpaired) electrons. The SMILES string of the molecule is Oc1cc2c(Cl)cccc2[nH]1. The van der Waals surface area contributed by atoms with Gasteiger partial charge >= 0.3 is 0 Å². The number of hydrogen-bond acceptors (Lipinski definition) is 1. The minimum Gasteiger partial charge on any atom is -0.495 e. The molecule has 1 heterocycles. The van der Waals surface area contributed by atoms with E-state index in [9.17, 15) is 0 Å². The van der Waals surface area contributed by atoms with Crippen molar-refractivity contribution in [3.8, 4) is 5.88 Å². The maximum Gasteiger partial charge on any atom is 0.189 e. The number of nitrogens with one attached hydrogen (secondary N) is 1. The lowest BCUT2D eigenvalue weighted by atomic mass is 10.2. The van der Waals surface area contributed by atoms with Crippen LogP contribution in [0.25, 0.3) is 10.9 Å². The first-order valence-electron chi connectivity index (χ1n) is 3.23. The molecule has 2 rings (SSSR count). The highest BCUT2D eigenvalue weighted by atomic mass is 35.5. The Bertz CT molecular complexity index is 394. The molecule has 2 aromatic rings. The molecule has 0 aliphatic carbocycles. The first kappa shape index (κ1) is 6.55. The summed E-state index contributed by atoms with van der Waals surface area (Å²) in [5.41, 5.74) is 0.856. The van der Waals surface area contributed by atoms with Crippen molar-refractivity contribution in [1.29, 1.82) is 0 Å². The van der Waals surface area contributed by atoms with Gasteiger partial charge in [0.25, 0.3) is 0 Å². The molecule has 2 N–H and O–H groups in total. The molecule has 11 heavy (non-hydrogen) atoms. The van der Waals surface area contributed by atoms with Crippen molar-refractivity contribution in [3.05, 3.63) is 29.3 Å². The summed E-state index contributed by atoms with van der Waals surface area (Å²) in [5.74, 6) is 0.146. The molecule has 0 aliphatic rings. The monoisotopic (exact) mass is 167 g/mol. The summed E-state index contributed by atoms with van der Waals surface area (Å²) in [7, 11) is 0. The van der Waals surface area contributed by atoms with E-state index in [1.807, 2.05) is 12.1 Å². The van der Waals surface area contributed by atoms with Crippen LogP contribution in [0.2, 0.25) is 5.02 Å². The number of aromatic hydroxyl groups is 1. The average Bonchev–Trinajstić information content (AvgIpc) is 2.31. The topological polar surface area (TPSA) is 36.0 Å². The van der Waals surface area contributed by atoms with Crippen LogP contribution in [-0.4, -0.2) is 10.1 Å². The summed E-state index contributed by atoms with van der Waals surface area (Å²) in [6.45, 7) is 0. The van der Waals surface area contributed by atoms with Crippen LogP contribution in [0.1, 0.15) is 0 Å². The quantitative estimate of drug-likeness (QED) is 0.622. The van der Waals surface area contributed by atoms with E-state index in [0.717, 1.165) is 10.9 Å². The third-order valence-electron chi connectivity index (χ3n) is 1.60. The van der Waals surface area contributed by atoms with Crippen molar-refractivity contribution >= 4 is 22.5 Å². The van der Waals surface area contributed by atoms with Gasteiger partial charge in [0, 0.05) is 17.0 Å². The van der Waals surface area contributed by atoms with Gasteiger partial charge in [0.05, 0.1) is 5.02 Å². The molecule has 0 saturated heterocycles. The van der Waals surface area contributed by atoms with Crippen molar-refractivity contribution in [2.45, 2.75) is 0 Å². The zero-order valence-corrected chi connectivity index (χ0v) is 6.39. The molecule has 0 saturated carbocycles. The molecule has 0 spiro atoms. The molecular weight excluding hydrogens is 162 g/mol. The summed E-state index contributed by atoms with van der Waals surface area (Å²) in [4.78, 5) is 2.77. The minimum atomic E-state index is 0.146. The van der Waals surface area contributed by atoms with Crippen LogP contribution >= 0.6 is 11.6 Å². The number of rotatable bonds is 0. The molecule has 3 heteroatoms. The van der Waals surface area contributed by atoms with Gasteiger partial charge in [-0.1, -0.05) is 17.7 Å². The summed E-state index contributed by atoms with van der Waals surface area (Å²) in [5, 5.41) is 10.6. The second-order valence-corrected chi connectivity index (χ2v) is 2.76. The van der Waals surface area contributed by atoms with Gasteiger partial charge in [-0.2, -0.15) is 0 Å². The minimum absolute atomic E-state index is 0.146. The zero-order chi connectivity index (χ0) is 7.84. The Morgan fingerprint density at radius 1 is 1.36 bits per heavy atom. The molecule has 0 amide bonds. The molecule has 1 aromatic heterocycles. The average molecular weight is 168 g/mol. The highest BCUT2D eigenvalue weighted by Crippen LogP contribution is 2.25. The van der Waals surface area contributed by atoms with Crippen molar-refractivity contribution in [2.24, 2.45) is 0 Å². The molecule has 1 aromatic carbocycles. The third-order valence-corrected chi connectivity index (χ3v) is 1.93. The highest BCUT2D eigenvalue weighted by molar-refractivity contribution is 6.35. The van der Waals surface area contributed by atoms with Crippen molar-refractivity contribution in [2.75, 3.05) is 0 Å². The first-order chi connectivity index (χ1) is 5.27. The van der Waals surface area contributed by atoms with Crippen LogP contribution in [-0.2, 0) is 0 Å². The highest BCUT2D eigenvalue weighted by Gasteiger charge is 2.00. The van der Waals surface area contributed by atoms with Crippen LogP contribution in [0, 0.1) is 0 Å². The third kappa shape index (κ3) is 0.955. The summed E-state index contributed by atoms with van der Waals surface area (Å²) in [6, 6.07) is 7.09. The number of halogens is 1. The summed E-state index contributed by atoms with van der Waals surface area (Å²) in [6.07, 6.45) is 0. The Balaban J connectivity index is 2.90. The predicted octanol–water partition coefficient (Wildman–Crippen LogP) is 2.53. The van der Waals surface area contributed by atoms with E-state index in [1.54, 1.807) is 12.1 Å². The fourth-order valence-electron chi connectivity index (χ4n) is 1.10. The van der Waals surface area contributed by atoms with Gasteiger partial charge in [0.2, 0.25) is 0 Å². The lowest BCUT2D eigenvalue weighted by molar-refractivity contribution is 0.458.